The van der Waals surface area contributed by atoms with Crippen LogP contribution in [-0.4, -0.2) is 20.6 Å². The fourth-order valence-corrected chi connectivity index (χ4v) is 3.50. The summed E-state index contributed by atoms with van der Waals surface area (Å²) in [6, 6.07) is 13.8. The predicted octanol–water partition coefficient (Wildman–Crippen LogP) is 4.56. The second-order valence-corrected chi connectivity index (χ2v) is 7.02. The van der Waals surface area contributed by atoms with Gasteiger partial charge >= 0.3 is 0 Å². The van der Waals surface area contributed by atoms with Gasteiger partial charge in [0, 0.05) is 22.6 Å². The van der Waals surface area contributed by atoms with Crippen molar-refractivity contribution in [2.24, 2.45) is 0 Å². The third kappa shape index (κ3) is 3.52. The van der Waals surface area contributed by atoms with Crippen LogP contribution in [0.1, 0.15) is 27.3 Å². The molecule has 3 rings (SSSR count). The summed E-state index contributed by atoms with van der Waals surface area (Å²) in [5.74, 6) is -0.384. The van der Waals surface area contributed by atoms with E-state index in [0.29, 0.717) is 5.69 Å². The van der Waals surface area contributed by atoms with Crippen LogP contribution in [0.25, 0.3) is 0 Å². The maximum Gasteiger partial charge on any atom is 0.278 e. The molecule has 0 bridgehead atoms. The van der Waals surface area contributed by atoms with Gasteiger partial charge in [-0.2, -0.15) is 9.78 Å². The normalized spacial score (nSPS) is 10.7. The van der Waals surface area contributed by atoms with E-state index < -0.39 is 4.92 Å². The first kappa shape index (κ1) is 17.9. The van der Waals surface area contributed by atoms with Crippen molar-refractivity contribution in [3.8, 4) is 0 Å². The van der Waals surface area contributed by atoms with Crippen molar-refractivity contribution in [1.82, 2.24) is 9.78 Å². The quantitative estimate of drug-likeness (QED) is 0.499. The van der Waals surface area contributed by atoms with Gasteiger partial charge in [-0.1, -0.05) is 35.5 Å². The second-order valence-electron chi connectivity index (χ2n) is 5.94. The van der Waals surface area contributed by atoms with E-state index in [-0.39, 0.29) is 17.2 Å². The predicted molar refractivity (Wildman–Crippen MR) is 99.8 cm³/mol. The number of aryl methyl sites for hydroxylation is 2. The molecule has 2 aromatic carbocycles. The maximum atomic E-state index is 12.8. The average Bonchev–Trinajstić information content (AvgIpc) is 2.91. The molecule has 132 valence electrons. The molecule has 3 aromatic rings. The Kier molecular flexibility index (Phi) is 4.90. The highest BCUT2D eigenvalue weighted by molar-refractivity contribution is 7.99. The second kappa shape index (κ2) is 7.13. The average molecular weight is 367 g/mol. The summed E-state index contributed by atoms with van der Waals surface area (Å²) in [6.07, 6.45) is 0. The molecule has 1 heterocycles. The third-order valence-corrected chi connectivity index (χ3v) is 5.26. The molecule has 0 amide bonds. The van der Waals surface area contributed by atoms with Crippen LogP contribution in [-0.2, 0) is 0 Å². The Balaban J connectivity index is 1.94. The van der Waals surface area contributed by atoms with Gasteiger partial charge in [0.2, 0.25) is 0 Å². The largest absolute Gasteiger partial charge is 0.278 e. The van der Waals surface area contributed by atoms with Crippen molar-refractivity contribution in [2.75, 3.05) is 0 Å². The molecule has 26 heavy (non-hydrogen) atoms. The minimum atomic E-state index is -0.517. The number of aromatic nitrogens is 2. The van der Waals surface area contributed by atoms with Gasteiger partial charge in [-0.05, 0) is 39.0 Å². The van der Waals surface area contributed by atoms with Gasteiger partial charge in [-0.15, -0.1) is 0 Å². The van der Waals surface area contributed by atoms with E-state index >= 15 is 0 Å². The lowest BCUT2D eigenvalue weighted by Crippen LogP contribution is -2.15. The Labute approximate surface area is 155 Å². The number of nitro benzene ring substituents is 1. The number of benzene rings is 2. The van der Waals surface area contributed by atoms with Gasteiger partial charge in [0.05, 0.1) is 21.2 Å². The van der Waals surface area contributed by atoms with Crippen LogP contribution in [0.3, 0.4) is 0 Å². The highest BCUT2D eigenvalue weighted by atomic mass is 32.2. The molecule has 0 atom stereocenters. The number of hydrogen-bond acceptors (Lipinski definition) is 5. The molecular weight excluding hydrogens is 350 g/mol. The Morgan fingerprint density at radius 3 is 2.46 bits per heavy atom. The number of nitrogens with zero attached hydrogens (tertiary/aromatic N) is 3. The first-order valence-corrected chi connectivity index (χ1v) is 8.78. The van der Waals surface area contributed by atoms with Crippen molar-refractivity contribution in [1.29, 1.82) is 0 Å². The maximum absolute atomic E-state index is 12.8. The number of non-ortho nitro benzene ring substituents is 1. The Hall–Kier alpha value is -2.93. The molecule has 0 fully saturated rings. The SMILES string of the molecule is Cc1ccc(Sc2c(C)nn(C(=O)c3cccc([N+](=O)[O-])c3)c2C)cc1. The van der Waals surface area contributed by atoms with Crippen LogP contribution in [0.2, 0.25) is 0 Å². The molecular formula is C19H17N3O3S. The zero-order chi connectivity index (χ0) is 18.8. The van der Waals surface area contributed by atoms with Crippen molar-refractivity contribution < 1.29 is 9.72 Å². The van der Waals surface area contributed by atoms with Crippen LogP contribution < -0.4 is 0 Å². The fraction of sp³-hybridized carbons (Fsp3) is 0.158. The van der Waals surface area contributed by atoms with Crippen molar-refractivity contribution in [2.45, 2.75) is 30.6 Å². The molecule has 7 heteroatoms. The zero-order valence-corrected chi connectivity index (χ0v) is 15.4. The smallest absolute Gasteiger partial charge is 0.267 e. The fourth-order valence-electron chi connectivity index (χ4n) is 2.57. The molecule has 0 N–H and O–H groups in total. The molecule has 0 aliphatic carbocycles. The van der Waals surface area contributed by atoms with Crippen LogP contribution in [0.4, 0.5) is 5.69 Å². The van der Waals surface area contributed by atoms with Crippen LogP contribution in [0.5, 0.6) is 0 Å². The van der Waals surface area contributed by atoms with Gasteiger partial charge in [-0.25, -0.2) is 0 Å². The van der Waals surface area contributed by atoms with E-state index in [9.17, 15) is 14.9 Å². The minimum Gasteiger partial charge on any atom is -0.267 e. The van der Waals surface area contributed by atoms with E-state index in [1.54, 1.807) is 17.8 Å². The molecule has 0 aliphatic heterocycles. The van der Waals surface area contributed by atoms with E-state index in [1.807, 2.05) is 45.0 Å². The third-order valence-electron chi connectivity index (χ3n) is 3.96. The van der Waals surface area contributed by atoms with Crippen molar-refractivity contribution in [3.05, 3.63) is 81.2 Å². The number of carbonyl (C=O) groups is 1. The number of nitro groups is 1. The van der Waals surface area contributed by atoms with E-state index in [2.05, 4.69) is 5.10 Å². The van der Waals surface area contributed by atoms with E-state index in [1.165, 1.54) is 28.4 Å². The number of hydrogen-bond donors (Lipinski definition) is 0. The first-order chi connectivity index (χ1) is 12.4. The standard InChI is InChI=1S/C19H17N3O3S/c1-12-7-9-17(10-8-12)26-18-13(2)20-21(14(18)3)19(23)15-5-4-6-16(11-15)22(24)25/h4-11H,1-3H3. The molecule has 0 aliphatic rings. The van der Waals surface area contributed by atoms with Crippen molar-refractivity contribution in [3.63, 3.8) is 0 Å². The molecule has 0 unspecified atom stereocenters. The lowest BCUT2D eigenvalue weighted by molar-refractivity contribution is -0.384. The van der Waals surface area contributed by atoms with Gasteiger partial charge < -0.3 is 0 Å². The Bertz CT molecular complexity index is 994. The number of carbonyl (C=O) groups excluding carboxylic acids is 1. The van der Waals surface area contributed by atoms with Gasteiger partial charge in [-0.3, -0.25) is 14.9 Å². The molecule has 0 saturated heterocycles. The molecule has 1 aromatic heterocycles. The highest BCUT2D eigenvalue weighted by Gasteiger charge is 2.20. The van der Waals surface area contributed by atoms with Crippen LogP contribution in [0, 0.1) is 30.9 Å². The molecule has 0 spiro atoms. The molecule has 0 saturated carbocycles. The monoisotopic (exact) mass is 367 g/mol. The van der Waals surface area contributed by atoms with Gasteiger partial charge in [0.15, 0.2) is 0 Å². The summed E-state index contributed by atoms with van der Waals surface area (Å²) < 4.78 is 1.31. The van der Waals surface area contributed by atoms with Gasteiger partial charge in [0.25, 0.3) is 11.6 Å². The van der Waals surface area contributed by atoms with Crippen molar-refractivity contribution >= 4 is 23.4 Å². The lowest BCUT2D eigenvalue weighted by atomic mass is 10.2. The summed E-state index contributed by atoms with van der Waals surface area (Å²) in [7, 11) is 0. The Morgan fingerprint density at radius 2 is 1.81 bits per heavy atom. The number of rotatable bonds is 4. The lowest BCUT2D eigenvalue weighted by Gasteiger charge is -2.05. The van der Waals surface area contributed by atoms with Gasteiger partial charge in [0.1, 0.15) is 0 Å². The summed E-state index contributed by atoms with van der Waals surface area (Å²) >= 11 is 1.55. The minimum absolute atomic E-state index is 0.119. The first-order valence-electron chi connectivity index (χ1n) is 7.96. The van der Waals surface area contributed by atoms with E-state index in [4.69, 9.17) is 0 Å². The summed E-state index contributed by atoms with van der Waals surface area (Å²) in [4.78, 5) is 25.2. The van der Waals surface area contributed by atoms with E-state index in [0.717, 1.165) is 15.5 Å². The highest BCUT2D eigenvalue weighted by Crippen LogP contribution is 2.33. The Morgan fingerprint density at radius 1 is 1.12 bits per heavy atom. The summed E-state index contributed by atoms with van der Waals surface area (Å²) in [5.41, 5.74) is 2.75. The topological polar surface area (TPSA) is 78.0 Å². The molecule has 6 nitrogen and oxygen atoms in total. The summed E-state index contributed by atoms with van der Waals surface area (Å²) in [6.45, 7) is 5.70. The molecule has 0 radical (unpaired) electrons. The summed E-state index contributed by atoms with van der Waals surface area (Å²) in [5, 5.41) is 15.3. The van der Waals surface area contributed by atoms with Crippen LogP contribution >= 0.6 is 11.8 Å². The zero-order valence-electron chi connectivity index (χ0n) is 14.6. The van der Waals surface area contributed by atoms with Crippen LogP contribution in [0.15, 0.2) is 58.3 Å².